The monoisotopic (exact) mass is 344 g/mol. The van der Waals surface area contributed by atoms with E-state index in [1.807, 2.05) is 0 Å². The lowest BCUT2D eigenvalue weighted by atomic mass is 9.94. The molecule has 0 saturated heterocycles. The summed E-state index contributed by atoms with van der Waals surface area (Å²) in [6.07, 6.45) is 4.63. The summed E-state index contributed by atoms with van der Waals surface area (Å²) in [5.41, 5.74) is 2.07. The number of urea groups is 1. The van der Waals surface area contributed by atoms with Crippen LogP contribution in [0.3, 0.4) is 0 Å². The molecule has 1 aliphatic carbocycles. The predicted octanol–water partition coefficient (Wildman–Crippen LogP) is 3.04. The van der Waals surface area contributed by atoms with E-state index in [-0.39, 0.29) is 18.0 Å². The second-order valence-electron chi connectivity index (χ2n) is 5.97. The van der Waals surface area contributed by atoms with Crippen LogP contribution in [0.2, 0.25) is 0 Å². The topological polar surface area (TPSA) is 74.3 Å². The van der Waals surface area contributed by atoms with Gasteiger partial charge in [-0.2, -0.15) is 0 Å². The van der Waals surface area contributed by atoms with Gasteiger partial charge in [0.25, 0.3) is 5.91 Å². The number of anilines is 1. The zero-order chi connectivity index (χ0) is 17.1. The zero-order valence-electron chi connectivity index (χ0n) is 13.7. The van der Waals surface area contributed by atoms with Crippen molar-refractivity contribution < 1.29 is 9.59 Å². The number of nitrogens with zero attached hydrogens (tertiary/aromatic N) is 2. The van der Waals surface area contributed by atoms with Crippen LogP contribution in [0.1, 0.15) is 39.8 Å². The van der Waals surface area contributed by atoms with Crippen LogP contribution in [0.25, 0.3) is 0 Å². The highest BCUT2D eigenvalue weighted by Gasteiger charge is 2.22. The number of aryl methyl sites for hydroxylation is 1. The van der Waals surface area contributed by atoms with Gasteiger partial charge < -0.3 is 15.5 Å². The lowest BCUT2D eigenvalue weighted by Gasteiger charge is -2.23. The molecular weight excluding hydrogens is 324 g/mol. The van der Waals surface area contributed by atoms with Crippen LogP contribution in [0.15, 0.2) is 29.8 Å². The first kappa shape index (κ1) is 16.4. The van der Waals surface area contributed by atoms with E-state index < -0.39 is 0 Å². The number of hydrogen-bond acceptors (Lipinski definition) is 4. The molecule has 0 aromatic carbocycles. The number of carbonyl (C=O) groups is 2. The van der Waals surface area contributed by atoms with Gasteiger partial charge in [-0.3, -0.25) is 9.78 Å². The van der Waals surface area contributed by atoms with Crippen molar-refractivity contribution in [2.75, 3.05) is 19.4 Å². The molecule has 126 valence electrons. The number of rotatable bonds is 3. The summed E-state index contributed by atoms with van der Waals surface area (Å²) in [6.45, 7) is 0. The van der Waals surface area contributed by atoms with Gasteiger partial charge >= 0.3 is 6.03 Å². The second kappa shape index (κ2) is 7.00. The first-order valence-corrected chi connectivity index (χ1v) is 8.74. The van der Waals surface area contributed by atoms with Crippen LogP contribution in [-0.2, 0) is 6.42 Å². The lowest BCUT2D eigenvalue weighted by molar-refractivity contribution is 0.0822. The van der Waals surface area contributed by atoms with Crippen LogP contribution in [-0.4, -0.2) is 35.9 Å². The highest BCUT2D eigenvalue weighted by Crippen LogP contribution is 2.33. The molecule has 0 aliphatic heterocycles. The maximum atomic E-state index is 12.3. The van der Waals surface area contributed by atoms with E-state index in [0.717, 1.165) is 19.3 Å². The number of hydrogen-bond donors (Lipinski definition) is 2. The van der Waals surface area contributed by atoms with Gasteiger partial charge in [0.15, 0.2) is 0 Å². The standard InChI is InChI=1S/C17H20N4O2S/c1-21(2)16(22)14-10-11(6-8-18-14)19-17(23)20-13-4-3-5-15-12(13)7-9-24-15/h6-10,13H,3-5H2,1-2H3,(H2,18,19,20,23)/t13-/m0/s1. The van der Waals surface area contributed by atoms with E-state index in [4.69, 9.17) is 0 Å². The van der Waals surface area contributed by atoms with Crippen LogP contribution in [0, 0.1) is 0 Å². The van der Waals surface area contributed by atoms with Crippen molar-refractivity contribution in [2.45, 2.75) is 25.3 Å². The molecule has 2 aromatic rings. The molecule has 6 nitrogen and oxygen atoms in total. The Labute approximate surface area is 144 Å². The summed E-state index contributed by atoms with van der Waals surface area (Å²) in [5, 5.41) is 7.88. The fourth-order valence-electron chi connectivity index (χ4n) is 2.82. The van der Waals surface area contributed by atoms with E-state index >= 15 is 0 Å². The van der Waals surface area contributed by atoms with Gasteiger partial charge in [-0.25, -0.2) is 4.79 Å². The number of nitrogens with one attached hydrogen (secondary N) is 2. The van der Waals surface area contributed by atoms with Crippen LogP contribution >= 0.6 is 11.3 Å². The summed E-state index contributed by atoms with van der Waals surface area (Å²) in [5.74, 6) is -0.200. The Kier molecular flexibility index (Phi) is 4.80. The number of pyridine rings is 1. The summed E-state index contributed by atoms with van der Waals surface area (Å²) >= 11 is 1.75. The normalized spacial score (nSPS) is 16.2. The minimum atomic E-state index is -0.270. The number of fused-ring (bicyclic) bond motifs is 1. The number of carbonyl (C=O) groups excluding carboxylic acids is 2. The van der Waals surface area contributed by atoms with Crippen molar-refractivity contribution in [3.63, 3.8) is 0 Å². The SMILES string of the molecule is CN(C)C(=O)c1cc(NC(=O)N[C@H]2CCCc3sccc32)ccn1. The van der Waals surface area contributed by atoms with Crippen molar-refractivity contribution in [1.82, 2.24) is 15.2 Å². The maximum Gasteiger partial charge on any atom is 0.319 e. The Morgan fingerprint density at radius 2 is 2.17 bits per heavy atom. The van der Waals surface area contributed by atoms with Crippen molar-refractivity contribution in [2.24, 2.45) is 0 Å². The van der Waals surface area contributed by atoms with Crippen molar-refractivity contribution in [3.8, 4) is 0 Å². The zero-order valence-corrected chi connectivity index (χ0v) is 14.5. The first-order valence-electron chi connectivity index (χ1n) is 7.86. The summed E-state index contributed by atoms with van der Waals surface area (Å²) in [7, 11) is 3.33. The molecule has 0 fully saturated rings. The molecule has 2 heterocycles. The molecule has 24 heavy (non-hydrogen) atoms. The molecule has 0 spiro atoms. The fourth-order valence-corrected chi connectivity index (χ4v) is 3.80. The Hall–Kier alpha value is -2.41. The van der Waals surface area contributed by atoms with Gasteiger partial charge in [0.05, 0.1) is 6.04 Å². The minimum Gasteiger partial charge on any atom is -0.343 e. The molecule has 2 aromatic heterocycles. The van der Waals surface area contributed by atoms with Crippen molar-refractivity contribution >= 4 is 29.0 Å². The third kappa shape index (κ3) is 3.56. The number of aromatic nitrogens is 1. The molecule has 0 bridgehead atoms. The Morgan fingerprint density at radius 1 is 1.33 bits per heavy atom. The fraction of sp³-hybridized carbons (Fsp3) is 0.353. The lowest BCUT2D eigenvalue weighted by Crippen LogP contribution is -2.34. The molecule has 2 N–H and O–H groups in total. The van der Waals surface area contributed by atoms with Crippen LogP contribution in [0.5, 0.6) is 0 Å². The van der Waals surface area contributed by atoms with Gasteiger partial charge in [-0.15, -0.1) is 11.3 Å². The third-order valence-corrected chi connectivity index (χ3v) is 5.00. The maximum absolute atomic E-state index is 12.3. The summed E-state index contributed by atoms with van der Waals surface area (Å²) < 4.78 is 0. The molecular formula is C17H20N4O2S. The molecule has 3 amide bonds. The van der Waals surface area contributed by atoms with Crippen molar-refractivity contribution in [1.29, 1.82) is 0 Å². The van der Waals surface area contributed by atoms with Crippen LogP contribution in [0.4, 0.5) is 10.5 Å². The third-order valence-electron chi connectivity index (χ3n) is 4.00. The summed E-state index contributed by atoms with van der Waals surface area (Å²) in [4.78, 5) is 31.1. The van der Waals surface area contributed by atoms with Crippen LogP contribution < -0.4 is 10.6 Å². The average molecular weight is 344 g/mol. The van der Waals surface area contributed by atoms with Gasteiger partial charge in [-0.05, 0) is 48.4 Å². The number of amides is 3. The second-order valence-corrected chi connectivity index (χ2v) is 6.97. The number of thiophene rings is 1. The van der Waals surface area contributed by atoms with Gasteiger partial charge in [-0.1, -0.05) is 0 Å². The molecule has 7 heteroatoms. The van der Waals surface area contributed by atoms with E-state index in [0.29, 0.717) is 11.4 Å². The highest BCUT2D eigenvalue weighted by molar-refractivity contribution is 7.10. The molecule has 0 unspecified atom stereocenters. The highest BCUT2D eigenvalue weighted by atomic mass is 32.1. The quantitative estimate of drug-likeness (QED) is 0.899. The van der Waals surface area contributed by atoms with Gasteiger partial charge in [0.1, 0.15) is 5.69 Å². The van der Waals surface area contributed by atoms with Gasteiger partial charge in [0.2, 0.25) is 0 Å². The average Bonchev–Trinajstić information content (AvgIpc) is 3.04. The Bertz CT molecular complexity index is 757. The van der Waals surface area contributed by atoms with Gasteiger partial charge in [0, 0.05) is 30.9 Å². The summed E-state index contributed by atoms with van der Waals surface area (Å²) in [6, 6.07) is 5.12. The smallest absolute Gasteiger partial charge is 0.319 e. The molecule has 1 aliphatic rings. The first-order chi connectivity index (χ1) is 11.5. The van der Waals surface area contributed by atoms with E-state index in [9.17, 15) is 9.59 Å². The Balaban J connectivity index is 1.66. The van der Waals surface area contributed by atoms with Crippen molar-refractivity contribution in [3.05, 3.63) is 45.9 Å². The predicted molar refractivity (Wildman–Crippen MR) is 94.4 cm³/mol. The Morgan fingerprint density at radius 3 is 2.96 bits per heavy atom. The molecule has 0 saturated carbocycles. The molecule has 3 rings (SSSR count). The molecule has 1 atom stereocenters. The van der Waals surface area contributed by atoms with E-state index in [1.54, 1.807) is 37.6 Å². The largest absolute Gasteiger partial charge is 0.343 e. The van der Waals surface area contributed by atoms with E-state index in [2.05, 4.69) is 27.1 Å². The molecule has 0 radical (unpaired) electrons. The van der Waals surface area contributed by atoms with E-state index in [1.165, 1.54) is 21.5 Å². The minimum absolute atomic E-state index is 0.0460.